The molecule has 0 fully saturated rings. The summed E-state index contributed by atoms with van der Waals surface area (Å²) in [5, 5.41) is 12.5. The number of nitrogens with zero attached hydrogens (tertiary/aromatic N) is 3. The smallest absolute Gasteiger partial charge is 0.387 e. The molecule has 0 aliphatic rings. The third-order valence-electron chi connectivity index (χ3n) is 2.50. The summed E-state index contributed by atoms with van der Waals surface area (Å²) in [4.78, 5) is 14.4. The number of carboxylic acids is 1. The van der Waals surface area contributed by atoms with E-state index in [0.29, 0.717) is 0 Å². The minimum absolute atomic E-state index is 0.183. The zero-order valence-corrected chi connectivity index (χ0v) is 11.1. The van der Waals surface area contributed by atoms with Gasteiger partial charge >= 0.3 is 18.6 Å². The summed E-state index contributed by atoms with van der Waals surface area (Å²) in [6.07, 6.45) is -0.00896. The molecule has 1 atom stereocenters. The average molecular weight is 317 g/mol. The van der Waals surface area contributed by atoms with E-state index in [2.05, 4.69) is 14.8 Å². The molecule has 0 amide bonds. The number of aliphatic carboxylic acids is 1. The summed E-state index contributed by atoms with van der Waals surface area (Å²) in [7, 11) is 0. The third kappa shape index (κ3) is 3.65. The van der Waals surface area contributed by atoms with Gasteiger partial charge in [0.1, 0.15) is 6.33 Å². The van der Waals surface area contributed by atoms with Crippen LogP contribution in [-0.4, -0.2) is 38.6 Å². The van der Waals surface area contributed by atoms with Crippen molar-refractivity contribution < 1.29 is 32.5 Å². The molecule has 2 aromatic rings. The van der Waals surface area contributed by atoms with Crippen molar-refractivity contribution in [1.29, 1.82) is 0 Å². The van der Waals surface area contributed by atoms with Crippen molar-refractivity contribution in [2.45, 2.75) is 19.6 Å². The summed E-state index contributed by atoms with van der Waals surface area (Å²) < 4.78 is 47.7. The Balaban J connectivity index is 2.22. The fourth-order valence-electron chi connectivity index (χ4n) is 1.46. The summed E-state index contributed by atoms with van der Waals surface area (Å²) >= 11 is 0. The normalized spacial score (nSPS) is 12.2. The maximum atomic E-state index is 13.3. The van der Waals surface area contributed by atoms with Crippen molar-refractivity contribution in [2.24, 2.45) is 0 Å². The molecule has 1 N–H and O–H groups in total. The molecule has 0 aliphatic carbocycles. The Hall–Kier alpha value is -2.78. The highest BCUT2D eigenvalue weighted by molar-refractivity contribution is 5.72. The molecule has 22 heavy (non-hydrogen) atoms. The number of carboxylic acid groups (broad SMARTS) is 1. The molecular formula is C12H10F3N3O4. The van der Waals surface area contributed by atoms with Crippen LogP contribution < -0.4 is 9.47 Å². The van der Waals surface area contributed by atoms with Crippen LogP contribution in [0, 0.1) is 5.82 Å². The predicted octanol–water partition coefficient (Wildman–Crippen LogP) is 1.86. The predicted molar refractivity (Wildman–Crippen MR) is 65.7 cm³/mol. The van der Waals surface area contributed by atoms with E-state index < -0.39 is 30.3 Å². The standard InChI is InChI=1S/C12H10F3N3O4/c1-6(10(19)20)21-12-16-5-18(17-12)7-2-3-8(13)9(4-7)22-11(14)15/h2-6,11H,1H3,(H,19,20). The van der Waals surface area contributed by atoms with E-state index in [9.17, 15) is 18.0 Å². The molecule has 2 rings (SSSR count). The van der Waals surface area contributed by atoms with Crippen LogP contribution in [0.15, 0.2) is 24.5 Å². The number of rotatable bonds is 6. The van der Waals surface area contributed by atoms with Gasteiger partial charge in [0.2, 0.25) is 0 Å². The first-order valence-electron chi connectivity index (χ1n) is 5.92. The van der Waals surface area contributed by atoms with Crippen molar-refractivity contribution in [3.8, 4) is 17.4 Å². The monoisotopic (exact) mass is 317 g/mol. The van der Waals surface area contributed by atoms with Gasteiger partial charge in [-0.2, -0.15) is 13.8 Å². The van der Waals surface area contributed by atoms with E-state index in [0.717, 1.165) is 23.1 Å². The van der Waals surface area contributed by atoms with Crippen molar-refractivity contribution >= 4 is 5.97 Å². The Kier molecular flexibility index (Phi) is 4.49. The van der Waals surface area contributed by atoms with Gasteiger partial charge in [-0.1, -0.05) is 0 Å². The number of benzene rings is 1. The van der Waals surface area contributed by atoms with E-state index in [1.807, 2.05) is 0 Å². The van der Waals surface area contributed by atoms with Gasteiger partial charge in [-0.3, -0.25) is 0 Å². The van der Waals surface area contributed by atoms with Crippen molar-refractivity contribution in [1.82, 2.24) is 14.8 Å². The van der Waals surface area contributed by atoms with E-state index in [1.165, 1.54) is 13.0 Å². The van der Waals surface area contributed by atoms with Gasteiger partial charge in [-0.15, -0.1) is 5.10 Å². The molecule has 7 nitrogen and oxygen atoms in total. The number of aromatic nitrogens is 3. The largest absolute Gasteiger partial charge is 0.479 e. The minimum Gasteiger partial charge on any atom is -0.479 e. The van der Waals surface area contributed by atoms with E-state index >= 15 is 0 Å². The molecule has 1 heterocycles. The van der Waals surface area contributed by atoms with Crippen LogP contribution in [0.1, 0.15) is 6.92 Å². The minimum atomic E-state index is -3.17. The highest BCUT2D eigenvalue weighted by Crippen LogP contribution is 2.23. The van der Waals surface area contributed by atoms with Crippen LogP contribution in [-0.2, 0) is 4.79 Å². The Morgan fingerprint density at radius 2 is 2.09 bits per heavy atom. The summed E-state index contributed by atoms with van der Waals surface area (Å²) in [6.45, 7) is -1.88. The second-order valence-electron chi connectivity index (χ2n) is 4.06. The lowest BCUT2D eigenvalue weighted by atomic mass is 10.3. The molecule has 0 saturated carbocycles. The molecule has 1 aromatic carbocycles. The van der Waals surface area contributed by atoms with Gasteiger partial charge in [0.05, 0.1) is 5.69 Å². The highest BCUT2D eigenvalue weighted by atomic mass is 19.3. The van der Waals surface area contributed by atoms with Crippen LogP contribution >= 0.6 is 0 Å². The molecule has 0 saturated heterocycles. The molecule has 0 radical (unpaired) electrons. The number of hydrogen-bond acceptors (Lipinski definition) is 5. The molecule has 1 aromatic heterocycles. The SMILES string of the molecule is CC(Oc1ncn(-c2ccc(F)c(OC(F)F)c2)n1)C(=O)O. The van der Waals surface area contributed by atoms with E-state index in [4.69, 9.17) is 9.84 Å². The lowest BCUT2D eigenvalue weighted by Gasteiger charge is -2.08. The molecule has 0 bridgehead atoms. The Bertz CT molecular complexity index is 677. The van der Waals surface area contributed by atoms with Gasteiger partial charge in [0.25, 0.3) is 0 Å². The van der Waals surface area contributed by atoms with Crippen molar-refractivity contribution in [3.05, 3.63) is 30.3 Å². The molecule has 1 unspecified atom stereocenters. The number of alkyl halides is 2. The van der Waals surface area contributed by atoms with E-state index in [1.54, 1.807) is 0 Å². The van der Waals surface area contributed by atoms with E-state index in [-0.39, 0.29) is 11.7 Å². The average Bonchev–Trinajstić information content (AvgIpc) is 2.89. The van der Waals surface area contributed by atoms with Crippen LogP contribution in [0.3, 0.4) is 0 Å². The first-order chi connectivity index (χ1) is 10.4. The van der Waals surface area contributed by atoms with Crippen LogP contribution in [0.25, 0.3) is 5.69 Å². The second kappa shape index (κ2) is 6.33. The van der Waals surface area contributed by atoms with Crippen LogP contribution in [0.2, 0.25) is 0 Å². The lowest BCUT2D eigenvalue weighted by molar-refractivity contribution is -0.144. The second-order valence-corrected chi connectivity index (χ2v) is 4.06. The van der Waals surface area contributed by atoms with Gasteiger partial charge in [-0.25, -0.2) is 13.9 Å². The fourth-order valence-corrected chi connectivity index (χ4v) is 1.46. The Labute approximate surface area is 121 Å². The number of carbonyl (C=O) groups is 1. The molecule has 10 heteroatoms. The van der Waals surface area contributed by atoms with Crippen molar-refractivity contribution in [3.63, 3.8) is 0 Å². The molecule has 0 aliphatic heterocycles. The fraction of sp³-hybridized carbons (Fsp3) is 0.250. The quantitative estimate of drug-likeness (QED) is 0.875. The van der Waals surface area contributed by atoms with Gasteiger partial charge in [0.15, 0.2) is 17.7 Å². The number of halogens is 3. The third-order valence-corrected chi connectivity index (χ3v) is 2.50. The summed E-state index contributed by atoms with van der Waals surface area (Å²) in [5.41, 5.74) is 0.183. The molecular weight excluding hydrogens is 307 g/mol. The first kappa shape index (κ1) is 15.6. The zero-order valence-electron chi connectivity index (χ0n) is 11.1. The van der Waals surface area contributed by atoms with Gasteiger partial charge < -0.3 is 14.6 Å². The number of hydrogen-bond donors (Lipinski definition) is 1. The van der Waals surface area contributed by atoms with Crippen LogP contribution in [0.4, 0.5) is 13.2 Å². The molecule has 0 spiro atoms. The summed E-state index contributed by atoms with van der Waals surface area (Å²) in [6, 6.07) is 2.96. The lowest BCUT2D eigenvalue weighted by Crippen LogP contribution is -2.23. The van der Waals surface area contributed by atoms with Gasteiger partial charge in [-0.05, 0) is 19.1 Å². The summed E-state index contributed by atoms with van der Waals surface area (Å²) in [5.74, 6) is -2.81. The highest BCUT2D eigenvalue weighted by Gasteiger charge is 2.16. The van der Waals surface area contributed by atoms with Gasteiger partial charge in [0, 0.05) is 6.07 Å². The number of ether oxygens (including phenoxy) is 2. The first-order valence-corrected chi connectivity index (χ1v) is 5.92. The zero-order chi connectivity index (χ0) is 16.3. The Morgan fingerprint density at radius 3 is 2.73 bits per heavy atom. The van der Waals surface area contributed by atoms with Crippen molar-refractivity contribution in [2.75, 3.05) is 0 Å². The molecule has 118 valence electrons. The topological polar surface area (TPSA) is 86.5 Å². The van der Waals surface area contributed by atoms with Crippen LogP contribution in [0.5, 0.6) is 11.8 Å². The maximum absolute atomic E-state index is 13.3. The maximum Gasteiger partial charge on any atom is 0.387 e. The Morgan fingerprint density at radius 1 is 1.36 bits per heavy atom.